The van der Waals surface area contributed by atoms with Crippen LogP contribution in [0.2, 0.25) is 0 Å². The van der Waals surface area contributed by atoms with Crippen LogP contribution in [0.25, 0.3) is 0 Å². The van der Waals surface area contributed by atoms with Crippen LogP contribution < -0.4 is 0 Å². The van der Waals surface area contributed by atoms with Gasteiger partial charge in [-0.15, -0.1) is 0 Å². The molecule has 2 radical (unpaired) electrons. The molecule has 0 amide bonds. The maximum Gasteiger partial charge on any atom is 0.0342 e. The van der Waals surface area contributed by atoms with Gasteiger partial charge in [-0.2, -0.15) is 0 Å². The second kappa shape index (κ2) is 17.5. The zero-order valence-corrected chi connectivity index (χ0v) is 27.8. The largest absolute Gasteiger partial charge is 0.0962 e. The third-order valence-electron chi connectivity index (χ3n) is 10.5. The van der Waals surface area contributed by atoms with Crippen molar-refractivity contribution in [1.82, 2.24) is 0 Å². The number of hydrogen-bond donors (Lipinski definition) is 0. The summed E-state index contributed by atoms with van der Waals surface area (Å²) in [7, 11) is 0.168. The van der Waals surface area contributed by atoms with Gasteiger partial charge in [0.15, 0.2) is 0 Å². The fraction of sp³-hybridized carbons (Fsp3) is 0.722. The predicted octanol–water partition coefficient (Wildman–Crippen LogP) is 12.0. The Labute approximate surface area is 255 Å². The normalized spacial score (nSPS) is 26.5. The summed E-state index contributed by atoms with van der Waals surface area (Å²) in [4.78, 5) is 0. The zero-order chi connectivity index (χ0) is 26.0. The predicted molar refractivity (Wildman–Crippen MR) is 174 cm³/mol. The minimum atomic E-state index is 0. The minimum Gasteiger partial charge on any atom is -0.0962 e. The molecule has 0 bridgehead atoms. The Hall–Kier alpha value is 0.339. The maximum atomic E-state index is 2.73. The van der Waals surface area contributed by atoms with Crippen LogP contribution in [0.1, 0.15) is 135 Å². The van der Waals surface area contributed by atoms with E-state index >= 15 is 0 Å². The van der Waals surface area contributed by atoms with Crippen molar-refractivity contribution < 1.29 is 17.1 Å². The molecule has 218 valence electrons. The Morgan fingerprint density at radius 2 is 0.949 bits per heavy atom. The molecule has 0 N–H and O–H groups in total. The van der Waals surface area contributed by atoms with E-state index in [9.17, 15) is 0 Å². The Morgan fingerprint density at radius 1 is 0.538 bits per heavy atom. The summed E-state index contributed by atoms with van der Waals surface area (Å²) < 4.78 is 0. The van der Waals surface area contributed by atoms with E-state index in [0.717, 1.165) is 28.3 Å². The van der Waals surface area contributed by atoms with Crippen LogP contribution in [0.15, 0.2) is 47.8 Å². The molecule has 6 rings (SSSR count). The van der Waals surface area contributed by atoms with E-state index in [2.05, 4.69) is 25.2 Å². The molecule has 4 saturated carbocycles. The molecule has 4 fully saturated rings. The smallest absolute Gasteiger partial charge is 0.0342 e. The van der Waals surface area contributed by atoms with Crippen LogP contribution in [0, 0.1) is 12.3 Å². The molecule has 0 saturated heterocycles. The first kappa shape index (κ1) is 32.3. The van der Waals surface area contributed by atoms with Crippen LogP contribution in [-0.4, -0.2) is 28.3 Å². The summed E-state index contributed by atoms with van der Waals surface area (Å²) in [6, 6.07) is 0. The summed E-state index contributed by atoms with van der Waals surface area (Å²) in [6.45, 7) is 2.73. The molecule has 0 aromatic heterocycles. The molecule has 6 aliphatic carbocycles. The van der Waals surface area contributed by atoms with Crippen LogP contribution >= 0.6 is 15.8 Å². The van der Waals surface area contributed by atoms with Gasteiger partial charge in [-0.3, -0.25) is 0 Å². The summed E-state index contributed by atoms with van der Waals surface area (Å²) in [5.41, 5.74) is 5.09. The Balaban J connectivity index is 0.000000530. The molecular formula is C36H56FeP2. The molecule has 0 aromatic rings. The van der Waals surface area contributed by atoms with Crippen molar-refractivity contribution in [1.29, 1.82) is 0 Å². The van der Waals surface area contributed by atoms with Gasteiger partial charge in [0.2, 0.25) is 0 Å². The minimum absolute atomic E-state index is 0. The summed E-state index contributed by atoms with van der Waals surface area (Å²) in [5.74, 6) is 1.87. The number of hydrogen-bond acceptors (Lipinski definition) is 0. The second-order valence-corrected chi connectivity index (χ2v) is 18.9. The van der Waals surface area contributed by atoms with Crippen molar-refractivity contribution in [3.63, 3.8) is 0 Å². The zero-order valence-electron chi connectivity index (χ0n) is 24.9. The van der Waals surface area contributed by atoms with Gasteiger partial charge in [0, 0.05) is 29.4 Å². The first-order valence-corrected chi connectivity index (χ1v) is 19.8. The van der Waals surface area contributed by atoms with E-state index in [-0.39, 0.29) is 32.9 Å². The van der Waals surface area contributed by atoms with Gasteiger partial charge < -0.3 is 0 Å². The van der Waals surface area contributed by atoms with Crippen LogP contribution in [0.5, 0.6) is 0 Å². The van der Waals surface area contributed by atoms with Crippen molar-refractivity contribution in [3.8, 4) is 0 Å². The quantitative estimate of drug-likeness (QED) is 0.200. The van der Waals surface area contributed by atoms with Gasteiger partial charge in [0.05, 0.1) is 0 Å². The van der Waals surface area contributed by atoms with E-state index in [1.807, 2.05) is 42.0 Å². The number of rotatable bonds is 7. The summed E-state index contributed by atoms with van der Waals surface area (Å²) >= 11 is 0. The van der Waals surface area contributed by atoms with E-state index in [4.69, 9.17) is 0 Å². The van der Waals surface area contributed by atoms with Gasteiger partial charge in [0.25, 0.3) is 0 Å². The molecule has 0 heterocycles. The van der Waals surface area contributed by atoms with Crippen LogP contribution in [-0.2, 0) is 17.1 Å². The Kier molecular flexibility index (Phi) is 14.4. The Bertz CT molecular complexity index is 758. The standard InChI is InChI=1S/C31H51P2.C5H5.Fe/c1-25(32(26-15-6-2-7-16-26)27-17-8-3-9-18-27)30-23-14-24-31(30)33(28-19-10-4-11-20-28)29-21-12-5-13-22-29;1-2-4-5-3-1;/h14,23-29H,2-13,15-22H2,1H3;1-5H;/t25-;;/m0../s1. The molecule has 39 heavy (non-hydrogen) atoms. The molecule has 0 aliphatic heterocycles. The van der Waals surface area contributed by atoms with Crippen LogP contribution in [0.4, 0.5) is 0 Å². The van der Waals surface area contributed by atoms with E-state index in [1.165, 1.54) is 77.0 Å². The van der Waals surface area contributed by atoms with Crippen LogP contribution in [0.3, 0.4) is 0 Å². The SMILES string of the molecule is C[C@@H]([C]1C=CC=C1P(C1CCCCC1)C1CCCCC1)P(C1CCCCC1)C1CCCCC1.[CH]1C=CC=C1.[Fe]. The van der Waals surface area contributed by atoms with Gasteiger partial charge in [-0.1, -0.05) is 142 Å². The average Bonchev–Trinajstić information content (AvgIpc) is 3.72. The first-order chi connectivity index (χ1) is 18.8. The fourth-order valence-corrected chi connectivity index (χ4v) is 17.1. The third kappa shape index (κ3) is 8.92. The molecule has 0 unspecified atom stereocenters. The van der Waals surface area contributed by atoms with Gasteiger partial charge in [-0.05, 0) is 85.0 Å². The molecule has 0 spiro atoms. The van der Waals surface area contributed by atoms with Crippen molar-refractivity contribution in [2.24, 2.45) is 0 Å². The molecule has 6 aliphatic rings. The van der Waals surface area contributed by atoms with Crippen molar-refractivity contribution in [2.75, 3.05) is 0 Å². The monoisotopic (exact) mass is 606 g/mol. The first-order valence-electron chi connectivity index (χ1n) is 16.8. The summed E-state index contributed by atoms with van der Waals surface area (Å²) in [6.07, 6.45) is 48.4. The van der Waals surface area contributed by atoms with Crippen molar-refractivity contribution in [3.05, 3.63) is 60.2 Å². The van der Waals surface area contributed by atoms with Gasteiger partial charge >= 0.3 is 0 Å². The molecule has 3 heteroatoms. The second-order valence-electron chi connectivity index (χ2n) is 13.0. The van der Waals surface area contributed by atoms with Gasteiger partial charge in [0.1, 0.15) is 0 Å². The Morgan fingerprint density at radius 3 is 1.33 bits per heavy atom. The van der Waals surface area contributed by atoms with E-state index in [0.29, 0.717) is 0 Å². The molecule has 0 nitrogen and oxygen atoms in total. The molecule has 0 aromatic carbocycles. The summed E-state index contributed by atoms with van der Waals surface area (Å²) in [5, 5.41) is 1.93. The van der Waals surface area contributed by atoms with Gasteiger partial charge in [-0.25, -0.2) is 0 Å². The van der Waals surface area contributed by atoms with Crippen molar-refractivity contribution in [2.45, 2.75) is 164 Å². The van der Waals surface area contributed by atoms with Crippen molar-refractivity contribution >= 4 is 15.8 Å². The third-order valence-corrected chi connectivity index (χ3v) is 17.9. The van der Waals surface area contributed by atoms with E-state index in [1.54, 1.807) is 51.4 Å². The topological polar surface area (TPSA) is 0 Å². The average molecular weight is 607 g/mol. The fourth-order valence-electron chi connectivity index (χ4n) is 8.59. The maximum absolute atomic E-state index is 2.73. The van der Waals surface area contributed by atoms with E-state index < -0.39 is 0 Å². The number of allylic oxidation sites excluding steroid dienone is 8. The molecule has 1 atom stereocenters. The molecular weight excluding hydrogens is 550 g/mol.